The largest absolute Gasteiger partial charge is 0.504 e. The van der Waals surface area contributed by atoms with Crippen LogP contribution in [0.4, 0.5) is 0 Å². The van der Waals surface area contributed by atoms with E-state index in [9.17, 15) is 14.7 Å². The lowest BCUT2D eigenvalue weighted by molar-refractivity contribution is 0.270. The molecule has 0 radical (unpaired) electrons. The molecular formula is C17H17N5O3. The van der Waals surface area contributed by atoms with Crippen molar-refractivity contribution >= 4 is 5.65 Å². The molecule has 128 valence electrons. The molecule has 4 heterocycles. The highest BCUT2D eigenvalue weighted by atomic mass is 16.3. The quantitative estimate of drug-likeness (QED) is 0.723. The number of aromatic hydroxyl groups is 1. The number of aromatic nitrogens is 4. The summed E-state index contributed by atoms with van der Waals surface area (Å²) in [6.07, 6.45) is 1.57. The second-order valence-corrected chi connectivity index (χ2v) is 6.27. The first-order chi connectivity index (χ1) is 11.9. The number of fused-ring (bicyclic) bond motifs is 2. The van der Waals surface area contributed by atoms with E-state index in [0.29, 0.717) is 36.7 Å². The van der Waals surface area contributed by atoms with Crippen LogP contribution in [0, 0.1) is 6.92 Å². The van der Waals surface area contributed by atoms with Gasteiger partial charge < -0.3 is 5.11 Å². The van der Waals surface area contributed by atoms with Crippen LogP contribution in [-0.2, 0) is 26.7 Å². The monoisotopic (exact) mass is 339 g/mol. The summed E-state index contributed by atoms with van der Waals surface area (Å²) in [7, 11) is 1.71. The maximum Gasteiger partial charge on any atom is 0.258 e. The molecule has 0 aromatic carbocycles. The molecule has 0 saturated heterocycles. The van der Waals surface area contributed by atoms with Gasteiger partial charge in [-0.15, -0.1) is 0 Å². The summed E-state index contributed by atoms with van der Waals surface area (Å²) in [5, 5.41) is 9.93. The van der Waals surface area contributed by atoms with Gasteiger partial charge in [0.1, 0.15) is 5.82 Å². The van der Waals surface area contributed by atoms with E-state index in [1.165, 1.54) is 16.5 Å². The van der Waals surface area contributed by atoms with E-state index in [-0.39, 0.29) is 22.5 Å². The molecule has 3 aromatic heterocycles. The summed E-state index contributed by atoms with van der Waals surface area (Å²) in [6.45, 7) is 3.21. The Hall–Kier alpha value is -3.00. The minimum atomic E-state index is -0.252. The van der Waals surface area contributed by atoms with E-state index in [0.717, 1.165) is 5.69 Å². The fourth-order valence-electron chi connectivity index (χ4n) is 3.17. The van der Waals surface area contributed by atoms with Crippen LogP contribution in [0.1, 0.15) is 22.8 Å². The lowest BCUT2D eigenvalue weighted by Gasteiger charge is -2.14. The van der Waals surface area contributed by atoms with Crippen molar-refractivity contribution < 1.29 is 5.11 Å². The van der Waals surface area contributed by atoms with Gasteiger partial charge in [0.15, 0.2) is 11.4 Å². The number of pyridine rings is 1. The number of aryl methyl sites for hydroxylation is 1. The van der Waals surface area contributed by atoms with Crippen molar-refractivity contribution in [2.45, 2.75) is 26.6 Å². The average molecular weight is 339 g/mol. The van der Waals surface area contributed by atoms with E-state index in [2.05, 4.69) is 9.97 Å². The highest BCUT2D eigenvalue weighted by molar-refractivity contribution is 5.52. The Kier molecular flexibility index (Phi) is 3.43. The van der Waals surface area contributed by atoms with E-state index < -0.39 is 0 Å². The molecule has 8 heteroatoms. The highest BCUT2D eigenvalue weighted by Crippen LogP contribution is 2.20. The van der Waals surface area contributed by atoms with Crippen LogP contribution in [0.3, 0.4) is 0 Å². The SMILES string of the molecule is Cc1nc2c(c(=O)n1C)CN(Cc1cc(=O)n3cccc(O)c3n1)C2. The summed E-state index contributed by atoms with van der Waals surface area (Å²) in [6, 6.07) is 4.53. The lowest BCUT2D eigenvalue weighted by Crippen LogP contribution is -2.25. The predicted octanol–water partition coefficient (Wildman–Crippen LogP) is 0.318. The summed E-state index contributed by atoms with van der Waals surface area (Å²) in [4.78, 5) is 35.4. The van der Waals surface area contributed by atoms with Crippen LogP contribution in [0.2, 0.25) is 0 Å². The Labute approximate surface area is 142 Å². The smallest absolute Gasteiger partial charge is 0.258 e. The van der Waals surface area contributed by atoms with Gasteiger partial charge in [-0.05, 0) is 19.1 Å². The van der Waals surface area contributed by atoms with Gasteiger partial charge in [0.05, 0.1) is 17.0 Å². The third kappa shape index (κ3) is 2.51. The van der Waals surface area contributed by atoms with Gasteiger partial charge in [0.2, 0.25) is 0 Å². The normalized spacial score (nSPS) is 14.2. The minimum Gasteiger partial charge on any atom is -0.504 e. The molecule has 0 unspecified atom stereocenters. The number of rotatable bonds is 2. The predicted molar refractivity (Wildman–Crippen MR) is 90.3 cm³/mol. The molecule has 1 aliphatic rings. The molecule has 0 atom stereocenters. The Morgan fingerprint density at radius 2 is 2.04 bits per heavy atom. The molecule has 25 heavy (non-hydrogen) atoms. The van der Waals surface area contributed by atoms with Gasteiger partial charge in [-0.2, -0.15) is 0 Å². The van der Waals surface area contributed by atoms with Crippen molar-refractivity contribution in [1.29, 1.82) is 0 Å². The first-order valence-electron chi connectivity index (χ1n) is 7.92. The maximum atomic E-state index is 12.3. The maximum absolute atomic E-state index is 12.3. The Bertz CT molecular complexity index is 1120. The van der Waals surface area contributed by atoms with Crippen LogP contribution < -0.4 is 11.1 Å². The summed E-state index contributed by atoms with van der Waals surface area (Å²) in [5.41, 5.74) is 1.96. The highest BCUT2D eigenvalue weighted by Gasteiger charge is 2.25. The molecule has 0 aliphatic carbocycles. The van der Waals surface area contributed by atoms with E-state index in [4.69, 9.17) is 0 Å². The fourth-order valence-corrected chi connectivity index (χ4v) is 3.17. The second-order valence-electron chi connectivity index (χ2n) is 6.27. The Morgan fingerprint density at radius 1 is 1.24 bits per heavy atom. The van der Waals surface area contributed by atoms with Crippen molar-refractivity contribution in [2.75, 3.05) is 0 Å². The fraction of sp³-hybridized carbons (Fsp3) is 0.294. The minimum absolute atomic E-state index is 0.0332. The molecule has 0 saturated carbocycles. The van der Waals surface area contributed by atoms with Crippen molar-refractivity contribution in [3.8, 4) is 5.75 Å². The van der Waals surface area contributed by atoms with Gasteiger partial charge >= 0.3 is 0 Å². The van der Waals surface area contributed by atoms with Crippen molar-refractivity contribution in [3.05, 3.63) is 67.9 Å². The molecule has 0 bridgehead atoms. The topological polar surface area (TPSA) is 92.7 Å². The zero-order chi connectivity index (χ0) is 17.7. The van der Waals surface area contributed by atoms with Gasteiger partial charge in [0.25, 0.3) is 11.1 Å². The van der Waals surface area contributed by atoms with Crippen molar-refractivity contribution in [3.63, 3.8) is 0 Å². The average Bonchev–Trinajstić information content (AvgIpc) is 2.96. The third-order valence-corrected chi connectivity index (χ3v) is 4.56. The molecule has 8 nitrogen and oxygen atoms in total. The van der Waals surface area contributed by atoms with Crippen LogP contribution in [0.15, 0.2) is 34.0 Å². The van der Waals surface area contributed by atoms with Gasteiger partial charge in [-0.1, -0.05) is 0 Å². The first-order valence-corrected chi connectivity index (χ1v) is 7.92. The van der Waals surface area contributed by atoms with Gasteiger partial charge in [-0.3, -0.25) is 23.5 Å². The zero-order valence-electron chi connectivity index (χ0n) is 13.9. The molecule has 0 spiro atoms. The van der Waals surface area contributed by atoms with Crippen LogP contribution in [0.5, 0.6) is 5.75 Å². The van der Waals surface area contributed by atoms with Crippen molar-refractivity contribution in [2.24, 2.45) is 7.05 Å². The van der Waals surface area contributed by atoms with E-state index in [1.54, 1.807) is 30.8 Å². The molecule has 4 rings (SSSR count). The van der Waals surface area contributed by atoms with Gasteiger partial charge in [-0.25, -0.2) is 9.97 Å². The summed E-state index contributed by atoms with van der Waals surface area (Å²) < 4.78 is 2.85. The third-order valence-electron chi connectivity index (χ3n) is 4.56. The van der Waals surface area contributed by atoms with Crippen LogP contribution >= 0.6 is 0 Å². The Balaban J connectivity index is 1.67. The first kappa shape index (κ1) is 15.5. The standard InChI is InChI=1S/C17H17N5O3/c1-10-18-13-9-21(8-12(13)17(25)20(10)2)7-11-6-15(24)22-5-3-4-14(23)16(22)19-11/h3-6,23H,7-9H2,1-2H3. The number of nitrogens with zero attached hydrogens (tertiary/aromatic N) is 5. The van der Waals surface area contributed by atoms with E-state index in [1.807, 2.05) is 4.90 Å². The second kappa shape index (κ2) is 5.52. The molecule has 3 aromatic rings. The summed E-state index contributed by atoms with van der Waals surface area (Å²) >= 11 is 0. The molecular weight excluding hydrogens is 322 g/mol. The zero-order valence-corrected chi connectivity index (χ0v) is 13.9. The Morgan fingerprint density at radius 3 is 2.84 bits per heavy atom. The van der Waals surface area contributed by atoms with Crippen LogP contribution in [0.25, 0.3) is 5.65 Å². The molecule has 1 N–H and O–H groups in total. The molecule has 0 amide bonds. The van der Waals surface area contributed by atoms with Crippen LogP contribution in [-0.4, -0.2) is 28.9 Å². The number of hydrogen-bond donors (Lipinski definition) is 1. The molecule has 0 fully saturated rings. The number of hydrogen-bond acceptors (Lipinski definition) is 6. The molecule has 1 aliphatic heterocycles. The van der Waals surface area contributed by atoms with E-state index >= 15 is 0 Å². The summed E-state index contributed by atoms with van der Waals surface area (Å²) in [5.74, 6) is 0.634. The van der Waals surface area contributed by atoms with Crippen molar-refractivity contribution in [1.82, 2.24) is 23.8 Å². The van der Waals surface area contributed by atoms with Gasteiger partial charge in [0, 0.05) is 38.9 Å². The lowest BCUT2D eigenvalue weighted by atomic mass is 10.2.